The number of nitrogens with zero attached hydrogens (tertiary/aromatic N) is 2. The van der Waals surface area contributed by atoms with E-state index < -0.39 is 10.0 Å². The predicted octanol–water partition coefficient (Wildman–Crippen LogP) is 1.84. The van der Waals surface area contributed by atoms with Gasteiger partial charge in [0.25, 0.3) is 0 Å². The Balaban J connectivity index is 2.47. The molecule has 2 rings (SSSR count). The molecule has 0 aliphatic heterocycles. The van der Waals surface area contributed by atoms with Crippen molar-refractivity contribution in [3.8, 4) is 0 Å². The molecule has 0 spiro atoms. The highest BCUT2D eigenvalue weighted by atomic mass is 32.2. The van der Waals surface area contributed by atoms with Crippen molar-refractivity contribution in [2.75, 3.05) is 20.1 Å². The number of rotatable bonds is 5. The number of hydrogen-bond donors (Lipinski definition) is 1. The maximum Gasteiger partial charge on any atom is 0.243 e. The SMILES string of the molecule is CN(CC(C)(C)CN)S(=O)(=O)c1cccc2ncccc12. The zero-order valence-corrected chi connectivity index (χ0v) is 13.4. The third-order valence-electron chi connectivity index (χ3n) is 3.50. The summed E-state index contributed by atoms with van der Waals surface area (Å²) in [5.74, 6) is 0. The van der Waals surface area contributed by atoms with Gasteiger partial charge in [0, 0.05) is 25.2 Å². The summed E-state index contributed by atoms with van der Waals surface area (Å²) in [4.78, 5) is 4.48. The van der Waals surface area contributed by atoms with Gasteiger partial charge in [-0.15, -0.1) is 0 Å². The number of hydrogen-bond acceptors (Lipinski definition) is 4. The maximum absolute atomic E-state index is 12.8. The highest BCUT2D eigenvalue weighted by Crippen LogP contribution is 2.26. The van der Waals surface area contributed by atoms with Crippen molar-refractivity contribution in [3.63, 3.8) is 0 Å². The Morgan fingerprint density at radius 1 is 1.24 bits per heavy atom. The highest BCUT2D eigenvalue weighted by Gasteiger charge is 2.28. The molecule has 0 aliphatic carbocycles. The number of benzene rings is 1. The first kappa shape index (κ1) is 15.9. The van der Waals surface area contributed by atoms with Crippen LogP contribution in [0.2, 0.25) is 0 Å². The molecule has 0 atom stereocenters. The number of pyridine rings is 1. The molecule has 1 aromatic carbocycles. The van der Waals surface area contributed by atoms with Crippen molar-refractivity contribution in [1.82, 2.24) is 9.29 Å². The molecule has 0 unspecified atom stereocenters. The first-order valence-electron chi connectivity index (χ1n) is 6.78. The van der Waals surface area contributed by atoms with Crippen molar-refractivity contribution < 1.29 is 8.42 Å². The Hall–Kier alpha value is -1.50. The lowest BCUT2D eigenvalue weighted by Gasteiger charge is -2.28. The van der Waals surface area contributed by atoms with Gasteiger partial charge < -0.3 is 5.73 Å². The fraction of sp³-hybridized carbons (Fsp3) is 0.400. The lowest BCUT2D eigenvalue weighted by atomic mass is 9.94. The van der Waals surface area contributed by atoms with Crippen molar-refractivity contribution >= 4 is 20.9 Å². The van der Waals surface area contributed by atoms with Crippen molar-refractivity contribution in [1.29, 1.82) is 0 Å². The molecule has 6 heteroatoms. The van der Waals surface area contributed by atoms with E-state index in [1.807, 2.05) is 13.8 Å². The van der Waals surface area contributed by atoms with E-state index in [-0.39, 0.29) is 10.3 Å². The van der Waals surface area contributed by atoms with E-state index in [9.17, 15) is 8.42 Å². The summed E-state index contributed by atoms with van der Waals surface area (Å²) in [6, 6.07) is 8.65. The average molecular weight is 307 g/mol. The molecule has 0 bridgehead atoms. The Kier molecular flexibility index (Phi) is 4.32. The second kappa shape index (κ2) is 5.71. The van der Waals surface area contributed by atoms with Gasteiger partial charge in [0.1, 0.15) is 0 Å². The number of sulfonamides is 1. The van der Waals surface area contributed by atoms with E-state index in [4.69, 9.17) is 5.73 Å². The number of fused-ring (bicyclic) bond motifs is 1. The van der Waals surface area contributed by atoms with E-state index in [1.54, 1.807) is 43.6 Å². The second-order valence-electron chi connectivity index (χ2n) is 5.96. The molecule has 114 valence electrons. The molecule has 0 saturated carbocycles. The van der Waals surface area contributed by atoms with Crippen LogP contribution in [0.5, 0.6) is 0 Å². The van der Waals surface area contributed by atoms with Gasteiger partial charge in [0.05, 0.1) is 10.4 Å². The van der Waals surface area contributed by atoms with E-state index in [0.29, 0.717) is 24.0 Å². The normalized spacial score (nSPS) is 13.0. The summed E-state index contributed by atoms with van der Waals surface area (Å²) >= 11 is 0. The standard InChI is InChI=1S/C15H21N3O2S/c1-15(2,10-16)11-18(3)21(19,20)14-8-4-7-13-12(14)6-5-9-17-13/h4-9H,10-11,16H2,1-3H3. The molecule has 0 aliphatic rings. The molecule has 2 aromatic rings. The molecule has 0 amide bonds. The van der Waals surface area contributed by atoms with Gasteiger partial charge in [-0.3, -0.25) is 4.98 Å². The molecule has 1 aromatic heterocycles. The third kappa shape index (κ3) is 3.23. The monoisotopic (exact) mass is 307 g/mol. The fourth-order valence-corrected chi connectivity index (χ4v) is 3.78. The predicted molar refractivity (Wildman–Crippen MR) is 84.4 cm³/mol. The van der Waals surface area contributed by atoms with Crippen LogP contribution in [-0.4, -0.2) is 37.8 Å². The van der Waals surface area contributed by atoms with Crippen molar-refractivity contribution in [2.45, 2.75) is 18.7 Å². The zero-order valence-electron chi connectivity index (χ0n) is 12.6. The van der Waals surface area contributed by atoms with Crippen LogP contribution >= 0.6 is 0 Å². The Morgan fingerprint density at radius 2 is 1.95 bits per heavy atom. The van der Waals surface area contributed by atoms with Crippen molar-refractivity contribution in [3.05, 3.63) is 36.5 Å². The minimum Gasteiger partial charge on any atom is -0.330 e. The molecule has 1 heterocycles. The smallest absolute Gasteiger partial charge is 0.243 e. The molecule has 5 nitrogen and oxygen atoms in total. The van der Waals surface area contributed by atoms with Gasteiger partial charge in [-0.2, -0.15) is 0 Å². The van der Waals surface area contributed by atoms with E-state index >= 15 is 0 Å². The molecule has 0 saturated heterocycles. The topological polar surface area (TPSA) is 76.3 Å². The van der Waals surface area contributed by atoms with Crippen LogP contribution in [0.25, 0.3) is 10.9 Å². The maximum atomic E-state index is 12.8. The summed E-state index contributed by atoms with van der Waals surface area (Å²) in [7, 11) is -1.99. The first-order chi connectivity index (χ1) is 9.78. The fourth-order valence-electron chi connectivity index (χ4n) is 2.22. The first-order valence-corrected chi connectivity index (χ1v) is 8.22. The minimum atomic E-state index is -3.57. The van der Waals surface area contributed by atoms with Crippen LogP contribution in [0.15, 0.2) is 41.4 Å². The molecule has 2 N–H and O–H groups in total. The summed E-state index contributed by atoms with van der Waals surface area (Å²) < 4.78 is 27.0. The van der Waals surface area contributed by atoms with Gasteiger partial charge in [-0.05, 0) is 36.2 Å². The van der Waals surface area contributed by atoms with Gasteiger partial charge in [0.15, 0.2) is 0 Å². The molecular weight excluding hydrogens is 286 g/mol. The lowest BCUT2D eigenvalue weighted by Crippen LogP contribution is -2.39. The quantitative estimate of drug-likeness (QED) is 0.914. The second-order valence-corrected chi connectivity index (χ2v) is 7.97. The summed E-state index contributed by atoms with van der Waals surface area (Å²) in [6.45, 7) is 4.68. The highest BCUT2D eigenvalue weighted by molar-refractivity contribution is 7.89. The van der Waals surface area contributed by atoms with Crippen LogP contribution in [0.4, 0.5) is 0 Å². The number of nitrogens with two attached hydrogens (primary N) is 1. The van der Waals surface area contributed by atoms with Gasteiger partial charge in [-0.25, -0.2) is 12.7 Å². The Bertz CT molecular complexity index is 736. The Labute approximate surface area is 125 Å². The average Bonchev–Trinajstić information content (AvgIpc) is 2.46. The van der Waals surface area contributed by atoms with E-state index in [2.05, 4.69) is 4.98 Å². The Morgan fingerprint density at radius 3 is 2.62 bits per heavy atom. The van der Waals surface area contributed by atoms with E-state index in [1.165, 1.54) is 4.31 Å². The van der Waals surface area contributed by atoms with Crippen LogP contribution in [-0.2, 0) is 10.0 Å². The van der Waals surface area contributed by atoms with Crippen molar-refractivity contribution in [2.24, 2.45) is 11.1 Å². The minimum absolute atomic E-state index is 0.273. The molecule has 21 heavy (non-hydrogen) atoms. The summed E-state index contributed by atoms with van der Waals surface area (Å²) in [5, 5.41) is 0.636. The zero-order chi connectivity index (χ0) is 15.7. The summed E-state index contributed by atoms with van der Waals surface area (Å²) in [6.07, 6.45) is 1.65. The van der Waals surface area contributed by atoms with Gasteiger partial charge >= 0.3 is 0 Å². The van der Waals surface area contributed by atoms with Crippen LogP contribution in [0, 0.1) is 5.41 Å². The van der Waals surface area contributed by atoms with Crippen LogP contribution in [0.3, 0.4) is 0 Å². The molecule has 0 radical (unpaired) electrons. The molecular formula is C15H21N3O2S. The van der Waals surface area contributed by atoms with Gasteiger partial charge in [-0.1, -0.05) is 19.9 Å². The van der Waals surface area contributed by atoms with E-state index in [0.717, 1.165) is 0 Å². The largest absolute Gasteiger partial charge is 0.330 e. The van der Waals surface area contributed by atoms with Crippen LogP contribution in [0.1, 0.15) is 13.8 Å². The lowest BCUT2D eigenvalue weighted by molar-refractivity contribution is 0.292. The van der Waals surface area contributed by atoms with Crippen LogP contribution < -0.4 is 5.73 Å². The molecule has 0 fully saturated rings. The third-order valence-corrected chi connectivity index (χ3v) is 5.36. The summed E-state index contributed by atoms with van der Waals surface area (Å²) in [5.41, 5.74) is 6.09. The van der Waals surface area contributed by atoms with Gasteiger partial charge in [0.2, 0.25) is 10.0 Å². The number of aromatic nitrogens is 1.